The van der Waals surface area contributed by atoms with E-state index in [2.05, 4.69) is 5.32 Å². The minimum atomic E-state index is -2.04. The van der Waals surface area contributed by atoms with Gasteiger partial charge in [-0.25, -0.2) is 9.59 Å². The van der Waals surface area contributed by atoms with Gasteiger partial charge < -0.3 is 29.7 Å². The van der Waals surface area contributed by atoms with Gasteiger partial charge in [-0.3, -0.25) is 4.79 Å². The monoisotopic (exact) mass is 429 g/mol. The second kappa shape index (κ2) is 7.37. The van der Waals surface area contributed by atoms with E-state index in [-0.39, 0.29) is 0 Å². The van der Waals surface area contributed by atoms with Crippen molar-refractivity contribution >= 4 is 18.0 Å². The lowest BCUT2D eigenvalue weighted by molar-refractivity contribution is -0.173. The Morgan fingerprint density at radius 1 is 0.800 bits per heavy atom. The van der Waals surface area contributed by atoms with Gasteiger partial charge in [-0.15, -0.1) is 0 Å². The summed E-state index contributed by atoms with van der Waals surface area (Å²) in [5, 5.41) is 23.8. The Labute approximate surface area is 177 Å². The Kier molecular flexibility index (Phi) is 6.00. The summed E-state index contributed by atoms with van der Waals surface area (Å²) < 4.78 is 16.1. The maximum absolute atomic E-state index is 13.2. The normalized spacial score (nSPS) is 33.4. The molecular formula is C21H35NO8. The number of carbonyl (C=O) groups excluding carboxylic acids is 3. The van der Waals surface area contributed by atoms with Gasteiger partial charge in [0, 0.05) is 11.8 Å². The fourth-order valence-corrected chi connectivity index (χ4v) is 4.00. The lowest BCUT2D eigenvalue weighted by Crippen LogP contribution is -2.66. The molecular weight excluding hydrogens is 394 g/mol. The molecule has 2 aliphatic carbocycles. The van der Waals surface area contributed by atoms with Gasteiger partial charge in [0.1, 0.15) is 22.9 Å². The van der Waals surface area contributed by atoms with E-state index in [1.165, 1.54) is 0 Å². The van der Waals surface area contributed by atoms with Crippen LogP contribution in [-0.4, -0.2) is 62.8 Å². The number of amides is 1. The van der Waals surface area contributed by atoms with Gasteiger partial charge >= 0.3 is 18.0 Å². The van der Waals surface area contributed by atoms with Crippen LogP contribution >= 0.6 is 0 Å². The van der Waals surface area contributed by atoms with Crippen LogP contribution < -0.4 is 5.32 Å². The third-order valence-corrected chi connectivity index (χ3v) is 4.91. The standard InChI is InChI=1S/C21H35NO8/c1-18(2,3)28-15(25)11-10-12(11)21(14(24)13(10)23,16(26)29-19(4,5)6)22-17(27)30-20(7,8)9/h10-14,23-24H,1-9H3,(H,22,27)/t10-,11-,12-,13+,14+,21+/m0/s1. The molecule has 30 heavy (non-hydrogen) atoms. The summed E-state index contributed by atoms with van der Waals surface area (Å²) in [7, 11) is 0. The number of ether oxygens (including phenoxy) is 3. The minimum Gasteiger partial charge on any atom is -0.460 e. The average molecular weight is 430 g/mol. The van der Waals surface area contributed by atoms with Gasteiger partial charge in [-0.2, -0.15) is 0 Å². The van der Waals surface area contributed by atoms with Gasteiger partial charge in [0.25, 0.3) is 0 Å². The highest BCUT2D eigenvalue weighted by molar-refractivity contribution is 5.92. The number of hydrogen-bond acceptors (Lipinski definition) is 8. The summed E-state index contributed by atoms with van der Waals surface area (Å²) in [5.74, 6) is -4.06. The van der Waals surface area contributed by atoms with Crippen molar-refractivity contribution in [3.8, 4) is 0 Å². The van der Waals surface area contributed by atoms with Crippen molar-refractivity contribution in [2.75, 3.05) is 0 Å². The molecule has 0 heterocycles. The molecule has 1 amide bonds. The summed E-state index contributed by atoms with van der Waals surface area (Å²) >= 11 is 0. The molecule has 2 saturated carbocycles. The van der Waals surface area contributed by atoms with E-state index < -0.39 is 70.3 Å². The smallest absolute Gasteiger partial charge is 0.408 e. The maximum atomic E-state index is 13.2. The molecule has 0 aromatic heterocycles. The van der Waals surface area contributed by atoms with E-state index >= 15 is 0 Å². The average Bonchev–Trinajstić information content (AvgIpc) is 3.16. The van der Waals surface area contributed by atoms with E-state index in [9.17, 15) is 24.6 Å². The van der Waals surface area contributed by atoms with Crippen LogP contribution in [0.15, 0.2) is 0 Å². The molecule has 0 aliphatic heterocycles. The molecule has 0 bridgehead atoms. The molecule has 2 fully saturated rings. The summed E-state index contributed by atoms with van der Waals surface area (Å²) in [6.07, 6.45) is -4.06. The SMILES string of the molecule is CC(C)(C)OC(=O)N[C@]1(C(=O)OC(C)(C)C)[C@@H]2[C@@H](C(=O)OC(C)(C)C)[C@@H]2[C@@H](O)[C@H]1O. The summed E-state index contributed by atoms with van der Waals surface area (Å²) in [6.45, 7) is 15.0. The van der Waals surface area contributed by atoms with E-state index in [0.717, 1.165) is 0 Å². The second-order valence-corrected chi connectivity index (χ2v) is 11.1. The summed E-state index contributed by atoms with van der Waals surface area (Å²) in [4.78, 5) is 38.5. The first-order valence-electron chi connectivity index (χ1n) is 10.1. The molecule has 0 aromatic rings. The summed E-state index contributed by atoms with van der Waals surface area (Å²) in [6, 6.07) is 0. The third-order valence-electron chi connectivity index (χ3n) is 4.91. The number of nitrogens with one attached hydrogen (secondary N) is 1. The first-order valence-corrected chi connectivity index (χ1v) is 10.1. The lowest BCUT2D eigenvalue weighted by Gasteiger charge is -2.38. The molecule has 6 atom stereocenters. The Morgan fingerprint density at radius 3 is 1.70 bits per heavy atom. The predicted octanol–water partition coefficient (Wildman–Crippen LogP) is 1.53. The Hall–Kier alpha value is -1.87. The predicted molar refractivity (Wildman–Crippen MR) is 106 cm³/mol. The molecule has 0 aromatic carbocycles. The van der Waals surface area contributed by atoms with Crippen LogP contribution in [0.4, 0.5) is 4.79 Å². The van der Waals surface area contributed by atoms with Crippen molar-refractivity contribution in [3.05, 3.63) is 0 Å². The highest BCUT2D eigenvalue weighted by Gasteiger charge is 2.80. The number of aliphatic hydroxyl groups is 2. The topological polar surface area (TPSA) is 131 Å². The van der Waals surface area contributed by atoms with Crippen LogP contribution in [0.1, 0.15) is 62.3 Å². The Balaban J connectivity index is 2.42. The van der Waals surface area contributed by atoms with E-state index in [1.54, 1.807) is 62.3 Å². The van der Waals surface area contributed by atoms with Crippen molar-refractivity contribution in [2.24, 2.45) is 17.8 Å². The molecule has 9 heteroatoms. The molecule has 0 radical (unpaired) electrons. The van der Waals surface area contributed by atoms with Crippen molar-refractivity contribution in [2.45, 2.75) is 96.9 Å². The largest absolute Gasteiger partial charge is 0.460 e. The number of carbonyl (C=O) groups is 3. The van der Waals surface area contributed by atoms with Crippen LogP contribution in [-0.2, 0) is 23.8 Å². The van der Waals surface area contributed by atoms with Crippen LogP contribution in [0.25, 0.3) is 0 Å². The Bertz CT molecular complexity index is 714. The minimum absolute atomic E-state index is 0.609. The molecule has 0 saturated heterocycles. The van der Waals surface area contributed by atoms with Crippen LogP contribution in [0.5, 0.6) is 0 Å². The van der Waals surface area contributed by atoms with Gasteiger partial charge in [-0.05, 0) is 62.3 Å². The highest BCUT2D eigenvalue weighted by atomic mass is 16.6. The van der Waals surface area contributed by atoms with Crippen LogP contribution in [0, 0.1) is 17.8 Å². The van der Waals surface area contributed by atoms with Crippen molar-refractivity contribution < 1.29 is 38.8 Å². The zero-order chi connectivity index (χ0) is 23.4. The molecule has 0 spiro atoms. The number of esters is 2. The van der Waals surface area contributed by atoms with Gasteiger partial charge in [-0.1, -0.05) is 0 Å². The van der Waals surface area contributed by atoms with Crippen molar-refractivity contribution in [1.29, 1.82) is 0 Å². The van der Waals surface area contributed by atoms with Gasteiger partial charge in [0.2, 0.25) is 0 Å². The van der Waals surface area contributed by atoms with E-state index in [4.69, 9.17) is 14.2 Å². The first-order chi connectivity index (χ1) is 13.3. The maximum Gasteiger partial charge on any atom is 0.408 e. The summed E-state index contributed by atoms with van der Waals surface area (Å²) in [5.41, 5.74) is -4.61. The fourth-order valence-electron chi connectivity index (χ4n) is 4.00. The molecule has 2 aliphatic rings. The second-order valence-electron chi connectivity index (χ2n) is 11.1. The van der Waals surface area contributed by atoms with Crippen LogP contribution in [0.3, 0.4) is 0 Å². The highest BCUT2D eigenvalue weighted by Crippen LogP contribution is 2.63. The Morgan fingerprint density at radius 2 is 1.27 bits per heavy atom. The number of alkyl carbamates (subject to hydrolysis) is 1. The van der Waals surface area contributed by atoms with Crippen molar-refractivity contribution in [1.82, 2.24) is 5.32 Å². The zero-order valence-corrected chi connectivity index (χ0v) is 19.2. The molecule has 3 N–H and O–H groups in total. The lowest BCUT2D eigenvalue weighted by atomic mass is 9.86. The number of rotatable bonds is 3. The van der Waals surface area contributed by atoms with Gasteiger partial charge in [0.15, 0.2) is 5.54 Å². The van der Waals surface area contributed by atoms with Crippen molar-refractivity contribution in [3.63, 3.8) is 0 Å². The van der Waals surface area contributed by atoms with E-state index in [0.29, 0.717) is 0 Å². The fraction of sp³-hybridized carbons (Fsp3) is 0.857. The molecule has 2 rings (SSSR count). The zero-order valence-electron chi connectivity index (χ0n) is 19.2. The quantitative estimate of drug-likeness (QED) is 0.455. The van der Waals surface area contributed by atoms with Gasteiger partial charge in [0.05, 0.1) is 12.0 Å². The number of hydrogen-bond donors (Lipinski definition) is 3. The number of fused-ring (bicyclic) bond motifs is 1. The van der Waals surface area contributed by atoms with E-state index in [1.807, 2.05) is 0 Å². The first kappa shape index (κ1) is 24.4. The number of aliphatic hydroxyl groups excluding tert-OH is 2. The van der Waals surface area contributed by atoms with Crippen LogP contribution in [0.2, 0.25) is 0 Å². The molecule has 0 unspecified atom stereocenters. The molecule has 9 nitrogen and oxygen atoms in total. The third kappa shape index (κ3) is 4.88. The molecule has 172 valence electrons.